The van der Waals surface area contributed by atoms with Gasteiger partial charge in [0.05, 0.1) is 24.2 Å². The number of amides is 1. The van der Waals surface area contributed by atoms with Crippen LogP contribution < -0.4 is 4.74 Å². The number of aryl methyl sites for hydroxylation is 1. The maximum absolute atomic E-state index is 13.4. The second-order valence-corrected chi connectivity index (χ2v) is 8.29. The first-order valence-corrected chi connectivity index (χ1v) is 11.0. The van der Waals surface area contributed by atoms with Gasteiger partial charge in [-0.15, -0.1) is 0 Å². The molecule has 6 heteroatoms. The molecule has 0 atom stereocenters. The molecule has 0 saturated carbocycles. The lowest BCUT2D eigenvalue weighted by atomic mass is 10.1. The van der Waals surface area contributed by atoms with Crippen molar-refractivity contribution in [1.82, 2.24) is 14.5 Å². The lowest BCUT2D eigenvalue weighted by Crippen LogP contribution is -2.34. The van der Waals surface area contributed by atoms with E-state index < -0.39 is 0 Å². The molecular weight excluding hydrogens is 398 g/mol. The summed E-state index contributed by atoms with van der Waals surface area (Å²) in [5.41, 5.74) is 2.54. The molecule has 2 aromatic carbocycles. The number of carbonyl (C=O) groups is 1. The van der Waals surface area contributed by atoms with E-state index in [0.29, 0.717) is 41.9 Å². The number of hydrogen-bond acceptors (Lipinski definition) is 3. The first kappa shape index (κ1) is 22.2. The van der Waals surface area contributed by atoms with Crippen molar-refractivity contribution in [3.8, 4) is 5.75 Å². The highest BCUT2D eigenvalue weighted by Gasteiger charge is 2.21. The van der Waals surface area contributed by atoms with Crippen LogP contribution in [0.25, 0.3) is 11.0 Å². The Morgan fingerprint density at radius 2 is 2.00 bits per heavy atom. The van der Waals surface area contributed by atoms with Gasteiger partial charge in [-0.3, -0.25) is 4.79 Å². The van der Waals surface area contributed by atoms with Crippen molar-refractivity contribution < 1.29 is 9.53 Å². The van der Waals surface area contributed by atoms with E-state index in [1.54, 1.807) is 0 Å². The van der Waals surface area contributed by atoms with E-state index in [1.807, 2.05) is 54.3 Å². The van der Waals surface area contributed by atoms with E-state index in [-0.39, 0.29) is 5.91 Å². The summed E-state index contributed by atoms with van der Waals surface area (Å²) in [5, 5.41) is 0.689. The third-order valence-corrected chi connectivity index (χ3v) is 5.07. The number of halogens is 1. The van der Waals surface area contributed by atoms with Crippen LogP contribution in [0.1, 0.15) is 50.3 Å². The van der Waals surface area contributed by atoms with E-state index in [9.17, 15) is 4.79 Å². The van der Waals surface area contributed by atoms with Crippen LogP contribution in [-0.2, 0) is 13.1 Å². The van der Waals surface area contributed by atoms with E-state index in [4.69, 9.17) is 21.3 Å². The van der Waals surface area contributed by atoms with Crippen molar-refractivity contribution in [3.63, 3.8) is 0 Å². The summed E-state index contributed by atoms with van der Waals surface area (Å²) in [6, 6.07) is 13.1. The zero-order chi connectivity index (χ0) is 21.7. The van der Waals surface area contributed by atoms with Crippen molar-refractivity contribution in [2.75, 3.05) is 13.2 Å². The predicted molar refractivity (Wildman–Crippen MR) is 122 cm³/mol. The van der Waals surface area contributed by atoms with Crippen LogP contribution in [0.2, 0.25) is 5.02 Å². The number of hydrogen-bond donors (Lipinski definition) is 0. The van der Waals surface area contributed by atoms with Crippen LogP contribution in [-0.4, -0.2) is 33.5 Å². The molecule has 0 unspecified atom stereocenters. The van der Waals surface area contributed by atoms with Gasteiger partial charge in [-0.05, 0) is 55.7 Å². The second kappa shape index (κ2) is 9.98. The predicted octanol–water partition coefficient (Wildman–Crippen LogP) is 5.80. The van der Waals surface area contributed by atoms with Gasteiger partial charge in [0.25, 0.3) is 5.91 Å². The lowest BCUT2D eigenvalue weighted by Gasteiger charge is -2.25. The van der Waals surface area contributed by atoms with Crippen LogP contribution in [0.5, 0.6) is 5.75 Å². The fourth-order valence-corrected chi connectivity index (χ4v) is 3.80. The smallest absolute Gasteiger partial charge is 0.254 e. The first-order valence-electron chi connectivity index (χ1n) is 10.6. The summed E-state index contributed by atoms with van der Waals surface area (Å²) in [4.78, 5) is 20.1. The van der Waals surface area contributed by atoms with Crippen LogP contribution >= 0.6 is 11.6 Å². The maximum atomic E-state index is 13.4. The maximum Gasteiger partial charge on any atom is 0.254 e. The fraction of sp³-hybridized carbons (Fsp3) is 0.417. The number of rotatable bonds is 9. The molecular formula is C24H30ClN3O2. The molecule has 0 radical (unpaired) electrons. The minimum atomic E-state index is -0.0154. The summed E-state index contributed by atoms with van der Waals surface area (Å²) in [5.74, 6) is 1.91. The molecule has 1 amide bonds. The lowest BCUT2D eigenvalue weighted by molar-refractivity contribution is 0.0715. The molecule has 3 aromatic rings. The Hall–Kier alpha value is -2.53. The second-order valence-electron chi connectivity index (χ2n) is 7.85. The van der Waals surface area contributed by atoms with Gasteiger partial charge in [0, 0.05) is 23.7 Å². The topological polar surface area (TPSA) is 47.4 Å². The number of nitrogens with zero attached hydrogens (tertiary/aromatic N) is 3. The minimum absolute atomic E-state index is 0.0154. The molecule has 0 aliphatic heterocycles. The molecule has 0 aliphatic carbocycles. The first-order chi connectivity index (χ1) is 14.4. The zero-order valence-corrected chi connectivity index (χ0v) is 18.9. The number of imidazole rings is 1. The fourth-order valence-electron chi connectivity index (χ4n) is 3.64. The zero-order valence-electron chi connectivity index (χ0n) is 18.2. The molecule has 5 nitrogen and oxygen atoms in total. The van der Waals surface area contributed by atoms with Crippen molar-refractivity contribution in [1.29, 1.82) is 0 Å². The quantitative estimate of drug-likeness (QED) is 0.433. The average Bonchev–Trinajstić information content (AvgIpc) is 3.04. The third kappa shape index (κ3) is 5.14. The van der Waals surface area contributed by atoms with Gasteiger partial charge >= 0.3 is 0 Å². The summed E-state index contributed by atoms with van der Waals surface area (Å²) in [7, 11) is 0. The van der Waals surface area contributed by atoms with Crippen molar-refractivity contribution in [2.24, 2.45) is 5.92 Å². The number of aromatic nitrogens is 2. The van der Waals surface area contributed by atoms with Gasteiger partial charge in [-0.25, -0.2) is 4.98 Å². The molecule has 30 heavy (non-hydrogen) atoms. The molecule has 0 N–H and O–H groups in total. The highest BCUT2D eigenvalue weighted by Crippen LogP contribution is 2.23. The van der Waals surface area contributed by atoms with Gasteiger partial charge in [0.2, 0.25) is 0 Å². The van der Waals surface area contributed by atoms with Gasteiger partial charge < -0.3 is 14.2 Å². The number of ether oxygens (including phenoxy) is 1. The largest absolute Gasteiger partial charge is 0.494 e. The standard InChI is InChI=1S/C24H30ClN3O2/c1-5-12-28-22-14-19(25)10-11-21(22)26-23(28)16-27(15-17(3)4)24(29)18-8-7-9-20(13-18)30-6-2/h7-11,13-14,17H,5-6,12,15-16H2,1-4H3. The van der Waals surface area contributed by atoms with Crippen molar-refractivity contribution in [3.05, 3.63) is 58.9 Å². The van der Waals surface area contributed by atoms with E-state index >= 15 is 0 Å². The average molecular weight is 428 g/mol. The van der Waals surface area contributed by atoms with Crippen LogP contribution in [0, 0.1) is 5.92 Å². The highest BCUT2D eigenvalue weighted by molar-refractivity contribution is 6.31. The Bertz CT molecular complexity index is 1010. The van der Waals surface area contributed by atoms with E-state index in [2.05, 4.69) is 25.3 Å². The molecule has 0 aliphatic rings. The summed E-state index contributed by atoms with van der Waals surface area (Å²) in [6.07, 6.45) is 0.972. The molecule has 0 fully saturated rings. The van der Waals surface area contributed by atoms with E-state index in [0.717, 1.165) is 29.8 Å². The molecule has 0 saturated heterocycles. The summed E-state index contributed by atoms with van der Waals surface area (Å²) < 4.78 is 7.76. The van der Waals surface area contributed by atoms with E-state index in [1.165, 1.54) is 0 Å². The molecule has 1 heterocycles. The Morgan fingerprint density at radius 1 is 1.20 bits per heavy atom. The minimum Gasteiger partial charge on any atom is -0.494 e. The van der Waals surface area contributed by atoms with Gasteiger partial charge in [0.1, 0.15) is 11.6 Å². The van der Waals surface area contributed by atoms with Gasteiger partial charge in [-0.2, -0.15) is 0 Å². The van der Waals surface area contributed by atoms with Crippen LogP contribution in [0.3, 0.4) is 0 Å². The van der Waals surface area contributed by atoms with Crippen LogP contribution in [0.15, 0.2) is 42.5 Å². The molecule has 160 valence electrons. The Balaban J connectivity index is 1.96. The number of benzene rings is 2. The SMILES string of the molecule is CCCn1c(CN(CC(C)C)C(=O)c2cccc(OCC)c2)nc2ccc(Cl)cc21. The number of fused-ring (bicyclic) bond motifs is 1. The molecule has 0 bridgehead atoms. The molecule has 0 spiro atoms. The summed E-state index contributed by atoms with van der Waals surface area (Å²) >= 11 is 6.23. The van der Waals surface area contributed by atoms with Gasteiger partial charge in [0.15, 0.2) is 0 Å². The molecule has 3 rings (SSSR count). The number of carbonyl (C=O) groups excluding carboxylic acids is 1. The summed E-state index contributed by atoms with van der Waals surface area (Å²) in [6.45, 7) is 10.8. The van der Waals surface area contributed by atoms with Crippen molar-refractivity contribution >= 4 is 28.5 Å². The normalized spacial score (nSPS) is 11.3. The Kier molecular flexibility index (Phi) is 7.38. The molecule has 1 aromatic heterocycles. The van der Waals surface area contributed by atoms with Crippen molar-refractivity contribution in [2.45, 2.75) is 47.2 Å². The van der Waals surface area contributed by atoms with Gasteiger partial charge in [-0.1, -0.05) is 38.4 Å². The monoisotopic (exact) mass is 427 g/mol. The third-order valence-electron chi connectivity index (χ3n) is 4.83. The van der Waals surface area contributed by atoms with Crippen LogP contribution in [0.4, 0.5) is 0 Å². The highest BCUT2D eigenvalue weighted by atomic mass is 35.5. The Labute approximate surface area is 183 Å². The Morgan fingerprint density at radius 3 is 2.70 bits per heavy atom.